The average molecular weight is 470 g/mol. The average Bonchev–Trinajstić information content (AvgIpc) is 3.33. The van der Waals surface area contributed by atoms with Crippen molar-refractivity contribution in [2.45, 2.75) is 39.0 Å². The van der Waals surface area contributed by atoms with Gasteiger partial charge in [0.25, 0.3) is 5.56 Å². The first-order valence-electron chi connectivity index (χ1n) is 11.2. The third-order valence-corrected chi connectivity index (χ3v) is 6.05. The van der Waals surface area contributed by atoms with Crippen molar-refractivity contribution in [1.29, 1.82) is 0 Å². The van der Waals surface area contributed by atoms with Crippen LogP contribution in [0.4, 0.5) is 4.39 Å². The summed E-state index contributed by atoms with van der Waals surface area (Å²) in [5.41, 5.74) is 2.06. The van der Waals surface area contributed by atoms with Crippen LogP contribution in [0.25, 0.3) is 10.9 Å². The van der Waals surface area contributed by atoms with Gasteiger partial charge in [-0.2, -0.15) is 0 Å². The van der Waals surface area contributed by atoms with Crippen LogP contribution >= 0.6 is 12.2 Å². The Morgan fingerprint density at radius 2 is 2.06 bits per heavy atom. The smallest absolute Gasteiger partial charge is 0.253 e. The SMILES string of the molecule is CCOc1ccc2[nH]c(=O)c(CN(Cc3ccc(F)cc3)C(=S)NC[C@@H]3CCCO3)cc2c1. The van der Waals surface area contributed by atoms with E-state index >= 15 is 0 Å². The number of benzene rings is 2. The minimum atomic E-state index is -0.291. The van der Waals surface area contributed by atoms with Crippen molar-refractivity contribution in [3.63, 3.8) is 0 Å². The lowest BCUT2D eigenvalue weighted by atomic mass is 10.1. The molecule has 1 aromatic heterocycles. The topological polar surface area (TPSA) is 66.6 Å². The molecule has 0 aliphatic carbocycles. The van der Waals surface area contributed by atoms with Gasteiger partial charge in [-0.15, -0.1) is 0 Å². The fourth-order valence-corrected chi connectivity index (χ4v) is 4.15. The third kappa shape index (κ3) is 6.09. The highest BCUT2D eigenvalue weighted by Crippen LogP contribution is 2.20. The summed E-state index contributed by atoms with van der Waals surface area (Å²) in [6.07, 6.45) is 2.19. The van der Waals surface area contributed by atoms with Gasteiger partial charge in [-0.05, 0) is 73.9 Å². The predicted octanol–water partition coefficient (Wildman–Crippen LogP) is 4.12. The molecule has 0 spiro atoms. The molecule has 8 heteroatoms. The number of halogens is 1. The Morgan fingerprint density at radius 1 is 1.24 bits per heavy atom. The van der Waals surface area contributed by atoms with E-state index in [1.165, 1.54) is 12.1 Å². The fraction of sp³-hybridized carbons (Fsp3) is 0.360. The Balaban J connectivity index is 1.57. The number of thiocarbonyl (C=S) groups is 1. The maximum atomic E-state index is 13.4. The Labute approximate surface area is 197 Å². The van der Waals surface area contributed by atoms with Crippen LogP contribution in [-0.2, 0) is 17.8 Å². The number of ether oxygens (including phenoxy) is 2. The fourth-order valence-electron chi connectivity index (χ4n) is 3.94. The lowest BCUT2D eigenvalue weighted by molar-refractivity contribution is 0.113. The number of rotatable bonds is 8. The molecule has 0 saturated carbocycles. The largest absolute Gasteiger partial charge is 0.494 e. The van der Waals surface area contributed by atoms with Crippen molar-refractivity contribution in [3.05, 3.63) is 75.8 Å². The molecule has 0 amide bonds. The summed E-state index contributed by atoms with van der Waals surface area (Å²) in [5, 5.41) is 4.70. The van der Waals surface area contributed by atoms with Crippen molar-refractivity contribution in [2.75, 3.05) is 19.8 Å². The molecule has 1 aliphatic rings. The van der Waals surface area contributed by atoms with Crippen LogP contribution < -0.4 is 15.6 Å². The first-order valence-corrected chi connectivity index (χ1v) is 11.6. The van der Waals surface area contributed by atoms with Gasteiger partial charge in [-0.1, -0.05) is 12.1 Å². The maximum Gasteiger partial charge on any atom is 0.253 e. The van der Waals surface area contributed by atoms with Gasteiger partial charge in [0.2, 0.25) is 0 Å². The summed E-state index contributed by atoms with van der Waals surface area (Å²) >= 11 is 5.68. The van der Waals surface area contributed by atoms with Gasteiger partial charge in [0.1, 0.15) is 11.6 Å². The molecule has 2 N–H and O–H groups in total. The number of hydrogen-bond acceptors (Lipinski definition) is 4. The molecule has 1 atom stereocenters. The number of fused-ring (bicyclic) bond motifs is 1. The van der Waals surface area contributed by atoms with Crippen LogP contribution in [0.3, 0.4) is 0 Å². The Bertz CT molecular complexity index is 1160. The molecule has 2 aromatic carbocycles. The molecule has 6 nitrogen and oxygen atoms in total. The number of aromatic amines is 1. The standard InChI is InChI=1S/C25H28FN3O3S/c1-2-31-21-9-10-23-18(13-21)12-19(24(30)28-23)16-29(15-17-5-7-20(26)8-6-17)25(33)27-14-22-4-3-11-32-22/h5-10,12-13,22H,2-4,11,14-16H2,1H3,(H,27,33)(H,28,30)/t22-/m0/s1. The summed E-state index contributed by atoms with van der Waals surface area (Å²) < 4.78 is 24.7. The van der Waals surface area contributed by atoms with Gasteiger partial charge in [-0.3, -0.25) is 4.79 Å². The van der Waals surface area contributed by atoms with Crippen LogP contribution in [-0.4, -0.2) is 40.9 Å². The quantitative estimate of drug-likeness (QED) is 0.484. The first kappa shape index (κ1) is 23.2. The van der Waals surface area contributed by atoms with Crippen molar-refractivity contribution in [3.8, 4) is 5.75 Å². The minimum Gasteiger partial charge on any atom is -0.494 e. The lowest BCUT2D eigenvalue weighted by Crippen LogP contribution is -2.42. The van der Waals surface area contributed by atoms with Crippen molar-refractivity contribution < 1.29 is 13.9 Å². The number of nitrogens with zero attached hydrogens (tertiary/aromatic N) is 1. The van der Waals surface area contributed by atoms with Crippen molar-refractivity contribution >= 4 is 28.2 Å². The lowest BCUT2D eigenvalue weighted by Gasteiger charge is -2.27. The maximum absolute atomic E-state index is 13.4. The number of H-pyrrole nitrogens is 1. The Morgan fingerprint density at radius 3 is 2.79 bits per heavy atom. The molecule has 1 saturated heterocycles. The van der Waals surface area contributed by atoms with Gasteiger partial charge in [0, 0.05) is 36.2 Å². The molecule has 1 aliphatic heterocycles. The van der Waals surface area contributed by atoms with E-state index in [1.807, 2.05) is 36.1 Å². The molecular formula is C25H28FN3O3S. The monoisotopic (exact) mass is 469 g/mol. The number of nitrogens with one attached hydrogen (secondary N) is 2. The van der Waals surface area contributed by atoms with Crippen molar-refractivity contribution in [1.82, 2.24) is 15.2 Å². The van der Waals surface area contributed by atoms with E-state index in [9.17, 15) is 9.18 Å². The molecule has 0 bridgehead atoms. The molecule has 33 heavy (non-hydrogen) atoms. The number of aromatic nitrogens is 1. The van der Waals surface area contributed by atoms with Gasteiger partial charge in [-0.25, -0.2) is 4.39 Å². The predicted molar refractivity (Wildman–Crippen MR) is 131 cm³/mol. The van der Waals surface area contributed by atoms with E-state index in [4.69, 9.17) is 21.7 Å². The normalized spacial score (nSPS) is 15.5. The summed E-state index contributed by atoms with van der Waals surface area (Å²) in [6.45, 7) is 4.63. The van der Waals surface area contributed by atoms with E-state index in [0.29, 0.717) is 36.9 Å². The van der Waals surface area contributed by atoms with Crippen LogP contribution in [0.15, 0.2) is 53.3 Å². The second kappa shape index (κ2) is 10.8. The van der Waals surface area contributed by atoms with E-state index in [-0.39, 0.29) is 17.5 Å². The van der Waals surface area contributed by atoms with Gasteiger partial charge < -0.3 is 24.7 Å². The minimum absolute atomic E-state index is 0.136. The molecule has 174 valence electrons. The Hall–Kier alpha value is -2.97. The zero-order valence-electron chi connectivity index (χ0n) is 18.6. The molecule has 2 heterocycles. The zero-order valence-corrected chi connectivity index (χ0v) is 19.4. The van der Waals surface area contributed by atoms with E-state index < -0.39 is 0 Å². The molecule has 0 unspecified atom stereocenters. The zero-order chi connectivity index (χ0) is 23.2. The first-order chi connectivity index (χ1) is 16.0. The van der Waals surface area contributed by atoms with Gasteiger partial charge in [0.15, 0.2) is 5.11 Å². The molecule has 1 fully saturated rings. The van der Waals surface area contributed by atoms with E-state index in [0.717, 1.165) is 41.7 Å². The second-order valence-corrected chi connectivity index (χ2v) is 8.50. The van der Waals surface area contributed by atoms with E-state index in [2.05, 4.69) is 10.3 Å². The Kier molecular flexibility index (Phi) is 7.57. The molecule has 0 radical (unpaired) electrons. The second-order valence-electron chi connectivity index (χ2n) is 8.11. The van der Waals surface area contributed by atoms with Crippen LogP contribution in [0, 0.1) is 5.82 Å². The number of pyridine rings is 1. The van der Waals surface area contributed by atoms with Crippen LogP contribution in [0.1, 0.15) is 30.9 Å². The number of hydrogen-bond donors (Lipinski definition) is 2. The summed E-state index contributed by atoms with van der Waals surface area (Å²) in [7, 11) is 0. The highest BCUT2D eigenvalue weighted by Gasteiger charge is 2.19. The van der Waals surface area contributed by atoms with Gasteiger partial charge >= 0.3 is 0 Å². The van der Waals surface area contributed by atoms with Gasteiger partial charge in [0.05, 0.1) is 19.3 Å². The van der Waals surface area contributed by atoms with Crippen LogP contribution in [0.2, 0.25) is 0 Å². The summed E-state index contributed by atoms with van der Waals surface area (Å²) in [5.74, 6) is 0.459. The molecule has 3 aromatic rings. The molecular weight excluding hydrogens is 441 g/mol. The summed E-state index contributed by atoms with van der Waals surface area (Å²) in [4.78, 5) is 17.7. The van der Waals surface area contributed by atoms with Crippen molar-refractivity contribution in [2.24, 2.45) is 0 Å². The highest BCUT2D eigenvalue weighted by molar-refractivity contribution is 7.80. The highest BCUT2D eigenvalue weighted by atomic mass is 32.1. The van der Waals surface area contributed by atoms with E-state index in [1.54, 1.807) is 12.1 Å². The molecule has 4 rings (SSSR count). The van der Waals surface area contributed by atoms with Crippen LogP contribution in [0.5, 0.6) is 5.75 Å². The summed E-state index contributed by atoms with van der Waals surface area (Å²) in [6, 6.07) is 13.8. The third-order valence-electron chi connectivity index (χ3n) is 5.64.